The molecule has 3 aliphatic rings. The molecular formula is C26H29N3O5S. The molecule has 0 aromatic heterocycles. The Morgan fingerprint density at radius 1 is 1.14 bits per heavy atom. The molecule has 3 heterocycles. The van der Waals surface area contributed by atoms with E-state index in [4.69, 9.17) is 4.74 Å². The van der Waals surface area contributed by atoms with Crippen molar-refractivity contribution in [3.63, 3.8) is 0 Å². The molecule has 2 aromatic rings. The number of nitrogens with one attached hydrogen (secondary N) is 2. The van der Waals surface area contributed by atoms with Crippen LogP contribution < -0.4 is 15.4 Å². The van der Waals surface area contributed by atoms with Crippen molar-refractivity contribution in [1.29, 1.82) is 0 Å². The predicted molar refractivity (Wildman–Crippen MR) is 133 cm³/mol. The standard InChI is InChI=1S/C26H29N3O5S/c1-34-18-9-7-17(8-10-18)28-24(32)22-26-12-11-19(35-26)20(21(26)25(33)29(22)13-14-30)23(31)27-15-16-5-3-2-4-6-16/h2-10,19-22,30H,11-15H2,1H3,(H,27,31)(H,28,32)/t19-,20+,21-,22?,26?/m0/s1. The number of hydrogen-bond acceptors (Lipinski definition) is 6. The lowest BCUT2D eigenvalue weighted by atomic mass is 9.70. The van der Waals surface area contributed by atoms with Gasteiger partial charge in [0.15, 0.2) is 0 Å². The van der Waals surface area contributed by atoms with E-state index in [2.05, 4.69) is 10.6 Å². The van der Waals surface area contributed by atoms with Crippen molar-refractivity contribution < 1.29 is 24.2 Å². The van der Waals surface area contributed by atoms with E-state index in [0.717, 1.165) is 12.0 Å². The molecule has 3 saturated heterocycles. The van der Waals surface area contributed by atoms with Gasteiger partial charge in [-0.1, -0.05) is 30.3 Å². The average Bonchev–Trinajstić information content (AvgIpc) is 3.51. The van der Waals surface area contributed by atoms with Crippen LogP contribution in [0, 0.1) is 11.8 Å². The number of nitrogens with zero attached hydrogens (tertiary/aromatic N) is 1. The third-order valence-corrected chi connectivity index (χ3v) is 9.31. The largest absolute Gasteiger partial charge is 0.497 e. The Bertz CT molecular complexity index is 1110. The number of β-amino-alcohol motifs (C(OH)–C–C–N with tert-alkyl or cyclic N) is 1. The summed E-state index contributed by atoms with van der Waals surface area (Å²) in [7, 11) is 1.57. The number of aliphatic hydroxyl groups is 1. The van der Waals surface area contributed by atoms with Crippen molar-refractivity contribution in [2.24, 2.45) is 11.8 Å². The van der Waals surface area contributed by atoms with Crippen LogP contribution in [0.15, 0.2) is 54.6 Å². The lowest BCUT2D eigenvalue weighted by Crippen LogP contribution is -2.52. The summed E-state index contributed by atoms with van der Waals surface area (Å²) < 4.78 is 4.50. The average molecular weight is 496 g/mol. The molecule has 9 heteroatoms. The van der Waals surface area contributed by atoms with Gasteiger partial charge in [0.25, 0.3) is 0 Å². The van der Waals surface area contributed by atoms with Gasteiger partial charge < -0.3 is 25.4 Å². The van der Waals surface area contributed by atoms with Crippen molar-refractivity contribution in [3.05, 3.63) is 60.2 Å². The molecule has 1 spiro atoms. The fourth-order valence-electron chi connectivity index (χ4n) is 5.89. The van der Waals surface area contributed by atoms with Gasteiger partial charge in [-0.25, -0.2) is 0 Å². The number of amides is 3. The zero-order chi connectivity index (χ0) is 24.6. The van der Waals surface area contributed by atoms with Crippen molar-refractivity contribution in [2.45, 2.75) is 35.4 Å². The summed E-state index contributed by atoms with van der Waals surface area (Å²) in [6.07, 6.45) is 1.46. The van der Waals surface area contributed by atoms with Crippen LogP contribution in [0.1, 0.15) is 18.4 Å². The van der Waals surface area contributed by atoms with Crippen LogP contribution in [0.4, 0.5) is 5.69 Å². The summed E-state index contributed by atoms with van der Waals surface area (Å²) in [6, 6.07) is 15.9. The minimum atomic E-state index is -0.754. The predicted octanol–water partition coefficient (Wildman–Crippen LogP) is 2.03. The number of hydrogen-bond donors (Lipinski definition) is 3. The van der Waals surface area contributed by atoms with Gasteiger partial charge in [0, 0.05) is 24.0 Å². The van der Waals surface area contributed by atoms with Crippen molar-refractivity contribution in [1.82, 2.24) is 10.2 Å². The van der Waals surface area contributed by atoms with Crippen LogP contribution in [-0.2, 0) is 20.9 Å². The summed E-state index contributed by atoms with van der Waals surface area (Å²) in [5.41, 5.74) is 1.59. The highest BCUT2D eigenvalue weighted by Gasteiger charge is 2.73. The molecular weight excluding hydrogens is 466 g/mol. The number of ether oxygens (including phenoxy) is 1. The van der Waals surface area contributed by atoms with Crippen LogP contribution >= 0.6 is 11.8 Å². The summed E-state index contributed by atoms with van der Waals surface area (Å²) in [4.78, 5) is 42.0. The number of benzene rings is 2. The van der Waals surface area contributed by atoms with E-state index in [1.165, 1.54) is 4.90 Å². The van der Waals surface area contributed by atoms with Gasteiger partial charge in [0.1, 0.15) is 11.8 Å². The monoisotopic (exact) mass is 495 g/mol. The molecule has 3 fully saturated rings. The van der Waals surface area contributed by atoms with E-state index in [1.807, 2.05) is 30.3 Å². The maximum absolute atomic E-state index is 13.6. The molecule has 0 radical (unpaired) electrons. The van der Waals surface area contributed by atoms with E-state index in [1.54, 1.807) is 43.1 Å². The first-order chi connectivity index (χ1) is 17.0. The van der Waals surface area contributed by atoms with E-state index < -0.39 is 22.6 Å². The molecule has 3 N–H and O–H groups in total. The SMILES string of the molecule is COc1ccc(NC(=O)C2N(CCO)C(=O)[C@@H]3[C@H](C(=O)NCc4ccccc4)[C@@H]4CCC23S4)cc1. The van der Waals surface area contributed by atoms with Crippen LogP contribution in [-0.4, -0.2) is 64.0 Å². The summed E-state index contributed by atoms with van der Waals surface area (Å²) in [5.74, 6) is -1.06. The first-order valence-electron chi connectivity index (χ1n) is 11.8. The van der Waals surface area contributed by atoms with Crippen molar-refractivity contribution >= 4 is 35.2 Å². The van der Waals surface area contributed by atoms with Crippen molar-refractivity contribution in [3.8, 4) is 5.75 Å². The van der Waals surface area contributed by atoms with Gasteiger partial charge in [-0.2, -0.15) is 0 Å². The molecule has 3 amide bonds. The third kappa shape index (κ3) is 4.06. The Morgan fingerprint density at radius 3 is 2.57 bits per heavy atom. The Kier molecular flexibility index (Phi) is 6.46. The fourth-order valence-corrected chi connectivity index (χ4v) is 8.11. The van der Waals surface area contributed by atoms with Gasteiger partial charge in [-0.15, -0.1) is 11.8 Å². The summed E-state index contributed by atoms with van der Waals surface area (Å²) in [5, 5.41) is 15.6. The van der Waals surface area contributed by atoms with E-state index in [0.29, 0.717) is 24.4 Å². The first kappa shape index (κ1) is 23.7. The van der Waals surface area contributed by atoms with E-state index in [9.17, 15) is 19.5 Å². The number of carbonyl (C=O) groups is 3. The van der Waals surface area contributed by atoms with Crippen LogP contribution in [0.3, 0.4) is 0 Å². The molecule has 5 rings (SSSR count). The highest BCUT2D eigenvalue weighted by atomic mass is 32.2. The zero-order valence-electron chi connectivity index (χ0n) is 19.5. The molecule has 184 valence electrons. The first-order valence-corrected chi connectivity index (χ1v) is 12.7. The second kappa shape index (κ2) is 9.54. The zero-order valence-corrected chi connectivity index (χ0v) is 20.3. The molecule has 35 heavy (non-hydrogen) atoms. The highest BCUT2D eigenvalue weighted by molar-refractivity contribution is 8.02. The number of methoxy groups -OCH3 is 1. The molecule has 2 unspecified atom stereocenters. The quantitative estimate of drug-likeness (QED) is 0.517. The molecule has 2 bridgehead atoms. The molecule has 8 nitrogen and oxygen atoms in total. The van der Waals surface area contributed by atoms with Gasteiger partial charge in [0.05, 0.1) is 30.3 Å². The number of anilines is 1. The Balaban J connectivity index is 1.39. The molecule has 0 saturated carbocycles. The maximum atomic E-state index is 13.6. The lowest BCUT2D eigenvalue weighted by molar-refractivity contribution is -0.139. The lowest BCUT2D eigenvalue weighted by Gasteiger charge is -2.34. The van der Waals surface area contributed by atoms with Gasteiger partial charge in [0.2, 0.25) is 17.7 Å². The minimum absolute atomic E-state index is 0.00714. The normalized spacial score (nSPS) is 28.6. The van der Waals surface area contributed by atoms with E-state index >= 15 is 0 Å². The van der Waals surface area contributed by atoms with Crippen molar-refractivity contribution in [2.75, 3.05) is 25.6 Å². The van der Waals surface area contributed by atoms with Crippen LogP contribution in [0.2, 0.25) is 0 Å². The van der Waals surface area contributed by atoms with Gasteiger partial charge in [-0.05, 0) is 42.7 Å². The molecule has 5 atom stereocenters. The minimum Gasteiger partial charge on any atom is -0.497 e. The molecule has 2 aromatic carbocycles. The Morgan fingerprint density at radius 2 is 1.89 bits per heavy atom. The number of aliphatic hydroxyl groups excluding tert-OH is 1. The number of likely N-dealkylation sites (tertiary alicyclic amines) is 1. The fraction of sp³-hybridized carbons (Fsp3) is 0.423. The number of carbonyl (C=O) groups excluding carboxylic acids is 3. The second-order valence-corrected chi connectivity index (χ2v) is 10.8. The van der Waals surface area contributed by atoms with Crippen LogP contribution in [0.25, 0.3) is 0 Å². The number of thioether (sulfide) groups is 1. The summed E-state index contributed by atoms with van der Waals surface area (Å²) in [6.45, 7) is 0.199. The Labute approximate surface area is 208 Å². The maximum Gasteiger partial charge on any atom is 0.248 e. The smallest absolute Gasteiger partial charge is 0.248 e. The molecule has 3 aliphatic heterocycles. The third-order valence-electron chi connectivity index (χ3n) is 7.36. The van der Waals surface area contributed by atoms with E-state index in [-0.39, 0.29) is 36.1 Å². The topological polar surface area (TPSA) is 108 Å². The number of fused-ring (bicyclic) bond motifs is 1. The van der Waals surface area contributed by atoms with Crippen LogP contribution in [0.5, 0.6) is 5.75 Å². The molecule has 0 aliphatic carbocycles. The van der Waals surface area contributed by atoms with Gasteiger partial charge in [-0.3, -0.25) is 14.4 Å². The van der Waals surface area contributed by atoms with Gasteiger partial charge >= 0.3 is 0 Å². The second-order valence-electron chi connectivity index (χ2n) is 9.23. The summed E-state index contributed by atoms with van der Waals surface area (Å²) >= 11 is 1.61. The highest BCUT2D eigenvalue weighted by Crippen LogP contribution is 2.66. The Hall–Kier alpha value is -3.04. The number of rotatable bonds is 8.